The van der Waals surface area contributed by atoms with Crippen LogP contribution in [0, 0.1) is 6.92 Å². The molecule has 1 atom stereocenters. The quantitative estimate of drug-likeness (QED) is 0.663. The van der Waals surface area contributed by atoms with Crippen molar-refractivity contribution in [1.29, 1.82) is 0 Å². The first-order valence-electron chi connectivity index (χ1n) is 8.06. The zero-order valence-electron chi connectivity index (χ0n) is 13.8. The second-order valence-corrected chi connectivity index (χ2v) is 5.91. The summed E-state index contributed by atoms with van der Waals surface area (Å²) in [5, 5.41) is 3.47. The topological polar surface area (TPSA) is 21.3 Å². The van der Waals surface area contributed by atoms with E-state index in [9.17, 15) is 0 Å². The van der Waals surface area contributed by atoms with E-state index in [0.717, 1.165) is 31.7 Å². The predicted molar refractivity (Wildman–Crippen MR) is 87.8 cm³/mol. The van der Waals surface area contributed by atoms with Crippen LogP contribution in [-0.2, 0) is 0 Å². The van der Waals surface area contributed by atoms with E-state index in [1.165, 1.54) is 17.5 Å². The Morgan fingerprint density at radius 1 is 1.15 bits per heavy atom. The normalized spacial score (nSPS) is 12.7. The molecule has 0 aliphatic carbocycles. The van der Waals surface area contributed by atoms with Crippen molar-refractivity contribution in [2.45, 2.75) is 65.9 Å². The average Bonchev–Trinajstić information content (AvgIpc) is 2.41. The molecule has 1 unspecified atom stereocenters. The molecule has 0 aliphatic rings. The van der Waals surface area contributed by atoms with Crippen LogP contribution in [0.2, 0.25) is 0 Å². The fourth-order valence-corrected chi connectivity index (χ4v) is 2.25. The highest BCUT2D eigenvalue weighted by molar-refractivity contribution is 5.37. The van der Waals surface area contributed by atoms with Gasteiger partial charge in [-0.15, -0.1) is 0 Å². The summed E-state index contributed by atoms with van der Waals surface area (Å²) in [5.41, 5.74) is 2.58. The number of ether oxygens (including phenoxy) is 1. The van der Waals surface area contributed by atoms with Gasteiger partial charge in [0.05, 0.1) is 0 Å². The molecule has 1 aromatic rings. The Balaban J connectivity index is 2.73. The predicted octanol–water partition coefficient (Wildman–Crippen LogP) is 4.67. The molecule has 0 aromatic heterocycles. The van der Waals surface area contributed by atoms with Gasteiger partial charge in [-0.2, -0.15) is 0 Å². The van der Waals surface area contributed by atoms with Crippen LogP contribution in [0.25, 0.3) is 0 Å². The maximum Gasteiger partial charge on any atom is 0.122 e. The third-order valence-corrected chi connectivity index (χ3v) is 3.58. The van der Waals surface area contributed by atoms with E-state index in [4.69, 9.17) is 4.74 Å². The van der Waals surface area contributed by atoms with E-state index in [2.05, 4.69) is 58.1 Å². The van der Waals surface area contributed by atoms with Crippen molar-refractivity contribution in [2.24, 2.45) is 0 Å². The van der Waals surface area contributed by atoms with Crippen molar-refractivity contribution < 1.29 is 4.74 Å². The van der Waals surface area contributed by atoms with Gasteiger partial charge >= 0.3 is 0 Å². The van der Waals surface area contributed by atoms with Crippen molar-refractivity contribution in [2.75, 3.05) is 13.1 Å². The molecule has 0 heterocycles. The summed E-state index contributed by atoms with van der Waals surface area (Å²) in [4.78, 5) is 0. The van der Waals surface area contributed by atoms with Gasteiger partial charge in [0.15, 0.2) is 0 Å². The largest absolute Gasteiger partial charge is 0.489 e. The smallest absolute Gasteiger partial charge is 0.122 e. The average molecular weight is 277 g/mol. The van der Waals surface area contributed by atoms with E-state index < -0.39 is 0 Å². The Hall–Kier alpha value is -1.02. The summed E-state index contributed by atoms with van der Waals surface area (Å²) < 4.78 is 6.26. The Morgan fingerprint density at radius 3 is 2.50 bits per heavy atom. The molecule has 1 N–H and O–H groups in total. The molecule has 0 amide bonds. The fourth-order valence-electron chi connectivity index (χ4n) is 2.25. The first-order chi connectivity index (χ1) is 9.58. The van der Waals surface area contributed by atoms with E-state index in [0.29, 0.717) is 5.92 Å². The van der Waals surface area contributed by atoms with Gasteiger partial charge in [0.1, 0.15) is 11.9 Å². The van der Waals surface area contributed by atoms with Gasteiger partial charge < -0.3 is 10.1 Å². The number of rotatable bonds is 9. The summed E-state index contributed by atoms with van der Waals surface area (Å²) in [6, 6.07) is 6.59. The van der Waals surface area contributed by atoms with Crippen LogP contribution < -0.4 is 10.1 Å². The third kappa shape index (κ3) is 5.54. The molecule has 0 saturated carbocycles. The van der Waals surface area contributed by atoms with Gasteiger partial charge in [-0.25, -0.2) is 0 Å². The number of benzene rings is 1. The van der Waals surface area contributed by atoms with Crippen LogP contribution in [-0.4, -0.2) is 19.2 Å². The second-order valence-electron chi connectivity index (χ2n) is 5.91. The SMILES string of the molecule is CCCNCC(CCC)Oc1cc(C(C)C)ccc1C. The maximum atomic E-state index is 6.26. The molecular weight excluding hydrogens is 246 g/mol. The summed E-state index contributed by atoms with van der Waals surface area (Å²) in [6.45, 7) is 13.0. The highest BCUT2D eigenvalue weighted by Gasteiger charge is 2.12. The molecule has 1 aromatic carbocycles. The molecule has 0 saturated heterocycles. The van der Waals surface area contributed by atoms with E-state index in [-0.39, 0.29) is 6.10 Å². The molecule has 114 valence electrons. The minimum atomic E-state index is 0.271. The van der Waals surface area contributed by atoms with E-state index in [1.54, 1.807) is 0 Å². The first kappa shape index (κ1) is 17.0. The Labute approximate surface area is 124 Å². The Morgan fingerprint density at radius 2 is 1.90 bits per heavy atom. The molecule has 2 nitrogen and oxygen atoms in total. The Kier molecular flexibility index (Phi) is 7.68. The molecule has 0 aliphatic heterocycles. The van der Waals surface area contributed by atoms with E-state index in [1.807, 2.05) is 0 Å². The number of aryl methyl sites for hydroxylation is 1. The molecular formula is C18H31NO. The molecule has 0 fully saturated rings. The van der Waals surface area contributed by atoms with Gasteiger partial charge in [0.2, 0.25) is 0 Å². The maximum absolute atomic E-state index is 6.26. The lowest BCUT2D eigenvalue weighted by molar-refractivity contribution is 0.185. The molecule has 20 heavy (non-hydrogen) atoms. The highest BCUT2D eigenvalue weighted by Crippen LogP contribution is 2.25. The molecule has 0 radical (unpaired) electrons. The number of hydrogen-bond donors (Lipinski definition) is 1. The van der Waals surface area contributed by atoms with Crippen molar-refractivity contribution in [1.82, 2.24) is 5.32 Å². The van der Waals surface area contributed by atoms with Crippen molar-refractivity contribution in [3.05, 3.63) is 29.3 Å². The minimum absolute atomic E-state index is 0.271. The number of hydrogen-bond acceptors (Lipinski definition) is 2. The molecule has 1 rings (SSSR count). The molecule has 0 spiro atoms. The highest BCUT2D eigenvalue weighted by atomic mass is 16.5. The zero-order chi connectivity index (χ0) is 15.0. The lowest BCUT2D eigenvalue weighted by atomic mass is 10.0. The van der Waals surface area contributed by atoms with Crippen molar-refractivity contribution in [3.63, 3.8) is 0 Å². The van der Waals surface area contributed by atoms with Crippen LogP contribution in [0.5, 0.6) is 5.75 Å². The lowest BCUT2D eigenvalue weighted by Crippen LogP contribution is -2.32. The van der Waals surface area contributed by atoms with Crippen LogP contribution >= 0.6 is 0 Å². The molecule has 2 heteroatoms. The zero-order valence-corrected chi connectivity index (χ0v) is 13.8. The van der Waals surface area contributed by atoms with E-state index >= 15 is 0 Å². The van der Waals surface area contributed by atoms with Crippen LogP contribution in [0.3, 0.4) is 0 Å². The Bertz CT molecular complexity index is 387. The standard InChI is InChI=1S/C18H31NO/c1-6-8-17(13-19-11-7-2)20-18-12-16(14(3)4)10-9-15(18)5/h9-10,12,14,17,19H,6-8,11,13H2,1-5H3. The van der Waals surface area contributed by atoms with Crippen LogP contribution in [0.1, 0.15) is 64.0 Å². The summed E-state index contributed by atoms with van der Waals surface area (Å²) in [7, 11) is 0. The fraction of sp³-hybridized carbons (Fsp3) is 0.667. The third-order valence-electron chi connectivity index (χ3n) is 3.58. The minimum Gasteiger partial charge on any atom is -0.489 e. The van der Waals surface area contributed by atoms with Gasteiger partial charge in [-0.05, 0) is 49.4 Å². The first-order valence-corrected chi connectivity index (χ1v) is 8.06. The summed E-state index contributed by atoms with van der Waals surface area (Å²) in [6.07, 6.45) is 3.69. The van der Waals surface area contributed by atoms with Gasteiger partial charge in [0, 0.05) is 6.54 Å². The van der Waals surface area contributed by atoms with Gasteiger partial charge in [0.25, 0.3) is 0 Å². The van der Waals surface area contributed by atoms with Crippen molar-refractivity contribution >= 4 is 0 Å². The second kappa shape index (κ2) is 9.02. The van der Waals surface area contributed by atoms with Gasteiger partial charge in [-0.3, -0.25) is 0 Å². The monoisotopic (exact) mass is 277 g/mol. The van der Waals surface area contributed by atoms with Crippen LogP contribution in [0.15, 0.2) is 18.2 Å². The van der Waals surface area contributed by atoms with Crippen LogP contribution in [0.4, 0.5) is 0 Å². The van der Waals surface area contributed by atoms with Crippen molar-refractivity contribution in [3.8, 4) is 5.75 Å². The summed E-state index contributed by atoms with van der Waals surface area (Å²) >= 11 is 0. The number of nitrogens with one attached hydrogen (secondary N) is 1. The lowest BCUT2D eigenvalue weighted by Gasteiger charge is -2.21. The van der Waals surface area contributed by atoms with Gasteiger partial charge in [-0.1, -0.05) is 46.2 Å². The molecule has 0 bridgehead atoms. The summed E-state index contributed by atoms with van der Waals surface area (Å²) in [5.74, 6) is 1.59.